The summed E-state index contributed by atoms with van der Waals surface area (Å²) in [5.74, 6) is 0.866. The summed E-state index contributed by atoms with van der Waals surface area (Å²) in [6, 6.07) is 8.80. The van der Waals surface area contributed by atoms with E-state index >= 15 is 0 Å². The number of rotatable bonds is 6. The minimum absolute atomic E-state index is 0.252. The lowest BCUT2D eigenvalue weighted by molar-refractivity contribution is -0.137. The van der Waals surface area contributed by atoms with Gasteiger partial charge in [-0.3, -0.25) is 14.6 Å². The number of carboxylic acid groups (broad SMARTS) is 1. The van der Waals surface area contributed by atoms with E-state index in [4.69, 9.17) is 9.84 Å². The van der Waals surface area contributed by atoms with Crippen molar-refractivity contribution in [3.63, 3.8) is 0 Å². The van der Waals surface area contributed by atoms with Gasteiger partial charge in [0.1, 0.15) is 5.75 Å². The predicted molar refractivity (Wildman–Crippen MR) is 88.6 cm³/mol. The molecule has 3 heterocycles. The van der Waals surface area contributed by atoms with Gasteiger partial charge in [0.15, 0.2) is 0 Å². The van der Waals surface area contributed by atoms with Crippen LogP contribution in [0.1, 0.15) is 24.8 Å². The molecule has 0 radical (unpaired) electrons. The molecule has 5 heteroatoms. The summed E-state index contributed by atoms with van der Waals surface area (Å²) in [7, 11) is 1.69. The summed E-state index contributed by atoms with van der Waals surface area (Å²) in [4.78, 5) is 15.8. The van der Waals surface area contributed by atoms with Crippen molar-refractivity contribution in [1.29, 1.82) is 0 Å². The first kappa shape index (κ1) is 16.3. The molecule has 23 heavy (non-hydrogen) atoms. The van der Waals surface area contributed by atoms with Crippen LogP contribution in [0.25, 0.3) is 0 Å². The van der Waals surface area contributed by atoms with Crippen molar-refractivity contribution in [1.82, 2.24) is 9.80 Å². The zero-order valence-corrected chi connectivity index (χ0v) is 13.8. The highest BCUT2D eigenvalue weighted by Crippen LogP contribution is 2.29. The van der Waals surface area contributed by atoms with Crippen molar-refractivity contribution in [2.24, 2.45) is 5.92 Å². The van der Waals surface area contributed by atoms with Crippen molar-refractivity contribution < 1.29 is 14.6 Å². The van der Waals surface area contributed by atoms with Gasteiger partial charge in [0.25, 0.3) is 0 Å². The Labute approximate surface area is 137 Å². The lowest BCUT2D eigenvalue weighted by Gasteiger charge is -2.35. The molecule has 0 aromatic heterocycles. The molecule has 0 unspecified atom stereocenters. The zero-order chi connectivity index (χ0) is 16.2. The van der Waals surface area contributed by atoms with Crippen molar-refractivity contribution >= 4 is 5.97 Å². The van der Waals surface area contributed by atoms with Crippen LogP contribution in [0.4, 0.5) is 0 Å². The minimum Gasteiger partial charge on any atom is -0.497 e. The Kier molecular flexibility index (Phi) is 5.18. The van der Waals surface area contributed by atoms with E-state index in [0.717, 1.165) is 31.9 Å². The third kappa shape index (κ3) is 4.24. The molecule has 1 aromatic carbocycles. The van der Waals surface area contributed by atoms with Crippen molar-refractivity contribution in [2.45, 2.75) is 31.8 Å². The first-order valence-corrected chi connectivity index (χ1v) is 8.45. The summed E-state index contributed by atoms with van der Waals surface area (Å²) in [5, 5.41) is 8.93. The van der Waals surface area contributed by atoms with Gasteiger partial charge in [-0.25, -0.2) is 0 Å². The van der Waals surface area contributed by atoms with E-state index in [1.54, 1.807) is 7.11 Å². The number of fused-ring (bicyclic) bond motifs is 4. The van der Waals surface area contributed by atoms with Gasteiger partial charge >= 0.3 is 5.97 Å². The molecule has 3 fully saturated rings. The summed E-state index contributed by atoms with van der Waals surface area (Å²) in [6.45, 7) is 4.86. The summed E-state index contributed by atoms with van der Waals surface area (Å²) >= 11 is 0. The minimum atomic E-state index is -0.694. The largest absolute Gasteiger partial charge is 0.497 e. The van der Waals surface area contributed by atoms with Crippen molar-refractivity contribution in [3.05, 3.63) is 29.8 Å². The number of aliphatic carboxylic acids is 1. The number of hydrogen-bond donors (Lipinski definition) is 1. The number of piperidine rings is 1. The van der Waals surface area contributed by atoms with Gasteiger partial charge < -0.3 is 9.84 Å². The third-order valence-corrected chi connectivity index (χ3v) is 5.08. The van der Waals surface area contributed by atoms with Crippen LogP contribution in [0.5, 0.6) is 5.75 Å². The molecule has 5 nitrogen and oxygen atoms in total. The topological polar surface area (TPSA) is 53.0 Å². The number of nitrogens with zero attached hydrogens (tertiary/aromatic N) is 2. The van der Waals surface area contributed by atoms with Crippen LogP contribution in [-0.4, -0.2) is 60.2 Å². The fourth-order valence-electron chi connectivity index (χ4n) is 3.91. The SMILES string of the molecule is COc1ccc(CN2C[C@@H]3CC[C@H](C2)N(CCC(=O)O)C3)cc1. The Morgan fingerprint density at radius 2 is 2.00 bits per heavy atom. The van der Waals surface area contributed by atoms with Crippen LogP contribution in [0.3, 0.4) is 0 Å². The molecule has 0 spiro atoms. The maximum Gasteiger partial charge on any atom is 0.304 e. The monoisotopic (exact) mass is 318 g/mol. The Bertz CT molecular complexity index is 532. The van der Waals surface area contributed by atoms with Gasteiger partial charge in [0.2, 0.25) is 0 Å². The number of benzene rings is 1. The highest BCUT2D eigenvalue weighted by molar-refractivity contribution is 5.66. The summed E-state index contributed by atoms with van der Waals surface area (Å²) < 4.78 is 5.22. The van der Waals surface area contributed by atoms with Gasteiger partial charge in [0, 0.05) is 38.8 Å². The third-order valence-electron chi connectivity index (χ3n) is 5.08. The lowest BCUT2D eigenvalue weighted by Crippen LogP contribution is -2.44. The van der Waals surface area contributed by atoms with Crippen LogP contribution < -0.4 is 4.74 Å². The molecule has 1 aromatic rings. The molecule has 0 amide bonds. The number of carbonyl (C=O) groups is 1. The Morgan fingerprint density at radius 1 is 1.22 bits per heavy atom. The molecule has 3 saturated heterocycles. The fourth-order valence-corrected chi connectivity index (χ4v) is 3.91. The van der Waals surface area contributed by atoms with Crippen LogP contribution in [0, 0.1) is 5.92 Å². The number of carboxylic acids is 1. The summed E-state index contributed by atoms with van der Waals surface area (Å²) in [5.41, 5.74) is 1.31. The predicted octanol–water partition coefficient (Wildman–Crippen LogP) is 2.07. The van der Waals surface area contributed by atoms with Gasteiger partial charge in [-0.05, 0) is 36.5 Å². The molecular formula is C18H26N2O3. The first-order chi connectivity index (χ1) is 11.1. The van der Waals surface area contributed by atoms with E-state index in [-0.39, 0.29) is 6.42 Å². The van der Waals surface area contributed by atoms with Crippen molar-refractivity contribution in [3.8, 4) is 5.75 Å². The van der Waals surface area contributed by atoms with E-state index in [1.165, 1.54) is 18.4 Å². The molecule has 126 valence electrons. The molecular weight excluding hydrogens is 292 g/mol. The van der Waals surface area contributed by atoms with Gasteiger partial charge in [-0.15, -0.1) is 0 Å². The lowest BCUT2D eigenvalue weighted by atomic mass is 9.95. The van der Waals surface area contributed by atoms with E-state index in [2.05, 4.69) is 21.9 Å². The second-order valence-corrected chi connectivity index (χ2v) is 6.78. The van der Waals surface area contributed by atoms with Gasteiger partial charge in [-0.1, -0.05) is 12.1 Å². The van der Waals surface area contributed by atoms with Crippen LogP contribution >= 0.6 is 0 Å². The molecule has 4 rings (SSSR count). The van der Waals surface area contributed by atoms with Crippen molar-refractivity contribution in [2.75, 3.05) is 33.3 Å². The Balaban J connectivity index is 1.60. The highest BCUT2D eigenvalue weighted by atomic mass is 16.5. The standard InChI is InChI=1S/C18H26N2O3/c1-23-17-6-3-14(4-7-17)10-19-11-15-2-5-16(13-19)20(12-15)9-8-18(21)22/h3-4,6-7,15-16H,2,5,8-13H2,1H3,(H,21,22)/t15-,16+/m0/s1. The first-order valence-electron chi connectivity index (χ1n) is 8.45. The maximum absolute atomic E-state index is 10.8. The Hall–Kier alpha value is -1.59. The van der Waals surface area contributed by atoms with Crippen LogP contribution in [0.15, 0.2) is 24.3 Å². The maximum atomic E-state index is 10.8. The average Bonchev–Trinajstić information content (AvgIpc) is 2.84. The molecule has 2 atom stereocenters. The van der Waals surface area contributed by atoms with Gasteiger partial charge in [0.05, 0.1) is 13.5 Å². The molecule has 0 saturated carbocycles. The highest BCUT2D eigenvalue weighted by Gasteiger charge is 2.34. The van der Waals surface area contributed by atoms with Crippen LogP contribution in [-0.2, 0) is 11.3 Å². The second kappa shape index (κ2) is 7.32. The molecule has 0 aliphatic carbocycles. The molecule has 3 aliphatic rings. The number of methoxy groups -OCH3 is 1. The van der Waals surface area contributed by atoms with E-state index in [0.29, 0.717) is 18.5 Å². The van der Waals surface area contributed by atoms with Crippen LogP contribution in [0.2, 0.25) is 0 Å². The fraction of sp³-hybridized carbons (Fsp3) is 0.611. The Morgan fingerprint density at radius 3 is 2.70 bits per heavy atom. The quantitative estimate of drug-likeness (QED) is 0.870. The second-order valence-electron chi connectivity index (χ2n) is 6.78. The normalized spacial score (nSPS) is 25.3. The number of ether oxygens (including phenoxy) is 1. The van der Waals surface area contributed by atoms with E-state index in [1.807, 2.05) is 12.1 Å². The number of hydrogen-bond acceptors (Lipinski definition) is 4. The average molecular weight is 318 g/mol. The molecule has 1 N–H and O–H groups in total. The summed E-state index contributed by atoms with van der Waals surface area (Å²) in [6.07, 6.45) is 2.72. The van der Waals surface area contributed by atoms with E-state index < -0.39 is 5.97 Å². The van der Waals surface area contributed by atoms with Gasteiger partial charge in [-0.2, -0.15) is 0 Å². The smallest absolute Gasteiger partial charge is 0.304 e. The molecule has 3 aliphatic heterocycles. The zero-order valence-electron chi connectivity index (χ0n) is 13.8. The molecule has 2 bridgehead atoms. The van der Waals surface area contributed by atoms with E-state index in [9.17, 15) is 4.79 Å².